The zero-order chi connectivity index (χ0) is 22.1. The standard InChI is InChI=1S/C25H32N2O4/c1-3-5-19-6-10-23(11-7-19)31-18-24(28)26-21-14-16-27(17-15-21)25(29)20-8-12-22(13-9-20)30-4-2/h6-13,21H,3-5,14-18H2,1-2H3,(H,26,28). The Balaban J connectivity index is 1.39. The summed E-state index contributed by atoms with van der Waals surface area (Å²) in [7, 11) is 0. The summed E-state index contributed by atoms with van der Waals surface area (Å²) in [4.78, 5) is 26.8. The van der Waals surface area contributed by atoms with Crippen molar-refractivity contribution >= 4 is 11.8 Å². The first kappa shape index (κ1) is 22.7. The lowest BCUT2D eigenvalue weighted by atomic mass is 10.0. The van der Waals surface area contributed by atoms with Gasteiger partial charge in [-0.1, -0.05) is 25.5 Å². The Hall–Kier alpha value is -3.02. The van der Waals surface area contributed by atoms with Crippen molar-refractivity contribution in [3.63, 3.8) is 0 Å². The Morgan fingerprint density at radius 1 is 0.935 bits per heavy atom. The first-order valence-electron chi connectivity index (χ1n) is 11.1. The zero-order valence-electron chi connectivity index (χ0n) is 18.4. The lowest BCUT2D eigenvalue weighted by Crippen LogP contribution is -2.47. The minimum absolute atomic E-state index is 0.00154. The van der Waals surface area contributed by atoms with E-state index < -0.39 is 0 Å². The van der Waals surface area contributed by atoms with E-state index in [1.54, 1.807) is 12.1 Å². The Morgan fingerprint density at radius 3 is 2.16 bits per heavy atom. The molecule has 2 amide bonds. The van der Waals surface area contributed by atoms with Gasteiger partial charge in [-0.05, 0) is 68.1 Å². The summed E-state index contributed by atoms with van der Waals surface area (Å²) in [6, 6.07) is 15.2. The van der Waals surface area contributed by atoms with Crippen molar-refractivity contribution in [1.82, 2.24) is 10.2 Å². The van der Waals surface area contributed by atoms with Gasteiger partial charge >= 0.3 is 0 Å². The molecule has 3 rings (SSSR count). The Kier molecular flexibility index (Phi) is 8.33. The summed E-state index contributed by atoms with van der Waals surface area (Å²) in [6.45, 7) is 5.92. The fraction of sp³-hybridized carbons (Fsp3) is 0.440. The van der Waals surface area contributed by atoms with Crippen LogP contribution in [0.25, 0.3) is 0 Å². The second-order valence-electron chi connectivity index (χ2n) is 7.77. The molecule has 1 heterocycles. The van der Waals surface area contributed by atoms with Crippen LogP contribution in [0.4, 0.5) is 0 Å². The van der Waals surface area contributed by atoms with Gasteiger partial charge in [-0.3, -0.25) is 9.59 Å². The van der Waals surface area contributed by atoms with Gasteiger partial charge < -0.3 is 19.7 Å². The highest BCUT2D eigenvalue weighted by Gasteiger charge is 2.24. The average Bonchev–Trinajstić information content (AvgIpc) is 2.80. The van der Waals surface area contributed by atoms with Crippen LogP contribution in [-0.2, 0) is 11.2 Å². The maximum absolute atomic E-state index is 12.7. The van der Waals surface area contributed by atoms with Crippen molar-refractivity contribution in [1.29, 1.82) is 0 Å². The predicted molar refractivity (Wildman–Crippen MR) is 121 cm³/mol. The van der Waals surface area contributed by atoms with Crippen molar-refractivity contribution in [3.8, 4) is 11.5 Å². The molecule has 6 nitrogen and oxygen atoms in total. The molecular weight excluding hydrogens is 392 g/mol. The fourth-order valence-corrected chi connectivity index (χ4v) is 3.73. The molecule has 1 N–H and O–H groups in total. The number of hydrogen-bond acceptors (Lipinski definition) is 4. The zero-order valence-corrected chi connectivity index (χ0v) is 18.4. The quantitative estimate of drug-likeness (QED) is 0.664. The first-order chi connectivity index (χ1) is 15.1. The second-order valence-corrected chi connectivity index (χ2v) is 7.77. The van der Waals surface area contributed by atoms with Gasteiger partial charge in [0.2, 0.25) is 0 Å². The number of carbonyl (C=O) groups excluding carboxylic acids is 2. The van der Waals surface area contributed by atoms with E-state index in [0.29, 0.717) is 31.0 Å². The molecule has 2 aromatic carbocycles. The van der Waals surface area contributed by atoms with Crippen LogP contribution < -0.4 is 14.8 Å². The Morgan fingerprint density at radius 2 is 1.55 bits per heavy atom. The highest BCUT2D eigenvalue weighted by atomic mass is 16.5. The number of piperidine rings is 1. The molecule has 1 fully saturated rings. The number of nitrogens with zero attached hydrogens (tertiary/aromatic N) is 1. The lowest BCUT2D eigenvalue weighted by Gasteiger charge is -2.32. The molecule has 166 valence electrons. The number of benzene rings is 2. The topological polar surface area (TPSA) is 67.9 Å². The summed E-state index contributed by atoms with van der Waals surface area (Å²) in [6.07, 6.45) is 3.62. The highest BCUT2D eigenvalue weighted by molar-refractivity contribution is 5.94. The summed E-state index contributed by atoms with van der Waals surface area (Å²) in [5.74, 6) is 1.35. The third-order valence-electron chi connectivity index (χ3n) is 5.39. The van der Waals surface area contributed by atoms with Crippen molar-refractivity contribution in [3.05, 3.63) is 59.7 Å². The molecule has 1 aliphatic rings. The molecule has 0 radical (unpaired) electrons. The van der Waals surface area contributed by atoms with Crippen LogP contribution in [0.15, 0.2) is 48.5 Å². The third-order valence-corrected chi connectivity index (χ3v) is 5.39. The lowest BCUT2D eigenvalue weighted by molar-refractivity contribution is -0.124. The van der Waals surface area contributed by atoms with Gasteiger partial charge in [0.05, 0.1) is 6.61 Å². The summed E-state index contributed by atoms with van der Waals surface area (Å²) >= 11 is 0. The predicted octanol–water partition coefficient (Wildman–Crippen LogP) is 3.84. The van der Waals surface area contributed by atoms with Crippen LogP contribution in [0, 0.1) is 0 Å². The molecule has 0 unspecified atom stereocenters. The van der Waals surface area contributed by atoms with Crippen LogP contribution in [0.2, 0.25) is 0 Å². The summed E-state index contributed by atoms with van der Waals surface area (Å²) < 4.78 is 11.0. The number of ether oxygens (including phenoxy) is 2. The number of aryl methyl sites for hydroxylation is 1. The number of amides is 2. The first-order valence-corrected chi connectivity index (χ1v) is 11.1. The van der Waals surface area contributed by atoms with Crippen molar-refractivity contribution in [2.75, 3.05) is 26.3 Å². The molecule has 0 atom stereocenters. The van der Waals surface area contributed by atoms with Gasteiger partial charge in [-0.25, -0.2) is 0 Å². The van der Waals surface area contributed by atoms with E-state index in [4.69, 9.17) is 9.47 Å². The SMILES string of the molecule is CCCc1ccc(OCC(=O)NC2CCN(C(=O)c3ccc(OCC)cc3)CC2)cc1. The van der Waals surface area contributed by atoms with E-state index >= 15 is 0 Å². The molecular formula is C25H32N2O4. The average molecular weight is 425 g/mol. The number of nitrogens with one attached hydrogen (secondary N) is 1. The molecule has 0 bridgehead atoms. The smallest absolute Gasteiger partial charge is 0.258 e. The van der Waals surface area contributed by atoms with Gasteiger partial charge in [-0.15, -0.1) is 0 Å². The minimum Gasteiger partial charge on any atom is -0.494 e. The number of rotatable bonds is 9. The van der Waals surface area contributed by atoms with E-state index in [1.165, 1.54) is 5.56 Å². The van der Waals surface area contributed by atoms with Crippen LogP contribution >= 0.6 is 0 Å². The molecule has 1 aliphatic heterocycles. The molecule has 6 heteroatoms. The van der Waals surface area contributed by atoms with Gasteiger partial charge in [0.25, 0.3) is 11.8 Å². The summed E-state index contributed by atoms with van der Waals surface area (Å²) in [5, 5.41) is 3.02. The Labute approximate surface area is 184 Å². The molecule has 0 aliphatic carbocycles. The molecule has 2 aromatic rings. The molecule has 31 heavy (non-hydrogen) atoms. The van der Waals surface area contributed by atoms with E-state index in [-0.39, 0.29) is 24.5 Å². The van der Waals surface area contributed by atoms with E-state index in [0.717, 1.165) is 31.4 Å². The van der Waals surface area contributed by atoms with Gasteiger partial charge in [0, 0.05) is 24.7 Å². The summed E-state index contributed by atoms with van der Waals surface area (Å²) in [5.41, 5.74) is 1.93. The normalized spacial score (nSPS) is 14.2. The molecule has 0 aromatic heterocycles. The largest absolute Gasteiger partial charge is 0.494 e. The third kappa shape index (κ3) is 6.74. The van der Waals surface area contributed by atoms with Gasteiger partial charge in [0.1, 0.15) is 11.5 Å². The van der Waals surface area contributed by atoms with Crippen LogP contribution in [-0.4, -0.2) is 49.1 Å². The van der Waals surface area contributed by atoms with Gasteiger partial charge in [0.15, 0.2) is 6.61 Å². The van der Waals surface area contributed by atoms with Crippen molar-refractivity contribution < 1.29 is 19.1 Å². The second kappa shape index (κ2) is 11.4. The maximum Gasteiger partial charge on any atom is 0.258 e. The Bertz CT molecular complexity index is 841. The number of likely N-dealkylation sites (tertiary alicyclic amines) is 1. The minimum atomic E-state index is -0.131. The number of carbonyl (C=O) groups is 2. The molecule has 0 saturated carbocycles. The van der Waals surface area contributed by atoms with Crippen LogP contribution in [0.1, 0.15) is 49.0 Å². The maximum atomic E-state index is 12.7. The van der Waals surface area contributed by atoms with Crippen LogP contribution in [0.3, 0.4) is 0 Å². The van der Waals surface area contributed by atoms with E-state index in [9.17, 15) is 9.59 Å². The fourth-order valence-electron chi connectivity index (χ4n) is 3.73. The van der Waals surface area contributed by atoms with Crippen molar-refractivity contribution in [2.45, 2.75) is 45.6 Å². The number of hydrogen-bond donors (Lipinski definition) is 1. The van der Waals surface area contributed by atoms with E-state index in [1.807, 2.05) is 48.2 Å². The molecule has 1 saturated heterocycles. The highest BCUT2D eigenvalue weighted by Crippen LogP contribution is 2.17. The molecule has 0 spiro atoms. The monoisotopic (exact) mass is 424 g/mol. The van der Waals surface area contributed by atoms with Crippen LogP contribution in [0.5, 0.6) is 11.5 Å². The van der Waals surface area contributed by atoms with Crippen molar-refractivity contribution in [2.24, 2.45) is 0 Å². The van der Waals surface area contributed by atoms with Gasteiger partial charge in [-0.2, -0.15) is 0 Å². The van der Waals surface area contributed by atoms with E-state index in [2.05, 4.69) is 12.2 Å².